The van der Waals surface area contributed by atoms with E-state index in [0.717, 1.165) is 31.4 Å². The highest BCUT2D eigenvalue weighted by atomic mass is 35.5. The number of halogens is 3. The van der Waals surface area contributed by atoms with Crippen molar-refractivity contribution in [1.29, 1.82) is 0 Å². The third kappa shape index (κ3) is 4.79. The van der Waals surface area contributed by atoms with Crippen molar-refractivity contribution in [2.45, 2.75) is 31.6 Å². The first-order valence-corrected chi connectivity index (χ1v) is 7.77. The van der Waals surface area contributed by atoms with Gasteiger partial charge in [0, 0.05) is 23.5 Å². The van der Waals surface area contributed by atoms with E-state index < -0.39 is 0 Å². The SMILES string of the molecule is Cl.Cl.NCCCCNC(=O)c1cc(C2CC2)nc2ccc(F)cc12. The Morgan fingerprint density at radius 1 is 1.25 bits per heavy atom. The monoisotopic (exact) mass is 373 g/mol. The molecular weight excluding hydrogens is 352 g/mol. The Kier molecular flexibility index (Phi) is 7.87. The maximum Gasteiger partial charge on any atom is 0.252 e. The zero-order valence-electron chi connectivity index (χ0n) is 13.3. The third-order valence-electron chi connectivity index (χ3n) is 3.95. The van der Waals surface area contributed by atoms with E-state index in [9.17, 15) is 9.18 Å². The van der Waals surface area contributed by atoms with Gasteiger partial charge in [-0.05, 0) is 56.5 Å². The molecule has 0 aliphatic heterocycles. The van der Waals surface area contributed by atoms with Crippen molar-refractivity contribution in [3.8, 4) is 0 Å². The van der Waals surface area contributed by atoms with Crippen LogP contribution in [0.4, 0.5) is 4.39 Å². The van der Waals surface area contributed by atoms with E-state index in [0.29, 0.717) is 35.5 Å². The maximum absolute atomic E-state index is 13.5. The van der Waals surface area contributed by atoms with Crippen LogP contribution in [0.3, 0.4) is 0 Å². The summed E-state index contributed by atoms with van der Waals surface area (Å²) in [7, 11) is 0. The minimum atomic E-state index is -0.356. The summed E-state index contributed by atoms with van der Waals surface area (Å²) in [5, 5.41) is 3.46. The van der Waals surface area contributed by atoms with Gasteiger partial charge in [-0.2, -0.15) is 0 Å². The maximum atomic E-state index is 13.5. The second-order valence-electron chi connectivity index (χ2n) is 5.78. The summed E-state index contributed by atoms with van der Waals surface area (Å²) < 4.78 is 13.5. The van der Waals surface area contributed by atoms with Gasteiger partial charge in [-0.1, -0.05) is 0 Å². The van der Waals surface area contributed by atoms with E-state index >= 15 is 0 Å². The summed E-state index contributed by atoms with van der Waals surface area (Å²) >= 11 is 0. The molecule has 24 heavy (non-hydrogen) atoms. The summed E-state index contributed by atoms with van der Waals surface area (Å²) in [6.07, 6.45) is 3.93. The van der Waals surface area contributed by atoms with Crippen molar-refractivity contribution in [2.75, 3.05) is 13.1 Å². The number of unbranched alkanes of at least 4 members (excludes halogenated alkanes) is 1. The number of benzene rings is 1. The molecule has 1 saturated carbocycles. The Bertz CT molecular complexity index is 708. The van der Waals surface area contributed by atoms with Gasteiger partial charge in [0.05, 0.1) is 11.1 Å². The normalized spacial score (nSPS) is 13.1. The van der Waals surface area contributed by atoms with Gasteiger partial charge < -0.3 is 11.1 Å². The average Bonchev–Trinajstić information content (AvgIpc) is 3.35. The minimum absolute atomic E-state index is 0. The molecule has 0 radical (unpaired) electrons. The molecule has 1 heterocycles. The molecule has 3 N–H and O–H groups in total. The standard InChI is InChI=1S/C17H20FN3O.2ClH/c18-12-5-6-15-13(9-12)14(10-16(21-15)11-3-4-11)17(22)20-8-2-1-7-19;;/h5-6,9-11H,1-4,7-8,19H2,(H,20,22);2*1H. The van der Waals surface area contributed by atoms with Crippen molar-refractivity contribution in [2.24, 2.45) is 5.73 Å². The number of pyridine rings is 1. The Balaban J connectivity index is 0.00000144. The van der Waals surface area contributed by atoms with Gasteiger partial charge in [-0.15, -0.1) is 24.8 Å². The average molecular weight is 374 g/mol. The Morgan fingerprint density at radius 2 is 2.00 bits per heavy atom. The lowest BCUT2D eigenvalue weighted by Crippen LogP contribution is -2.25. The fourth-order valence-electron chi connectivity index (χ4n) is 2.56. The Morgan fingerprint density at radius 3 is 2.67 bits per heavy atom. The van der Waals surface area contributed by atoms with Crippen LogP contribution in [0.15, 0.2) is 24.3 Å². The van der Waals surface area contributed by atoms with Gasteiger partial charge in [-0.25, -0.2) is 4.39 Å². The Labute approximate surface area is 153 Å². The molecule has 0 bridgehead atoms. The van der Waals surface area contributed by atoms with Crippen LogP contribution >= 0.6 is 24.8 Å². The van der Waals surface area contributed by atoms with Crippen LogP contribution in [0.5, 0.6) is 0 Å². The first-order chi connectivity index (χ1) is 10.7. The largest absolute Gasteiger partial charge is 0.352 e. The molecule has 1 amide bonds. The van der Waals surface area contributed by atoms with Gasteiger partial charge >= 0.3 is 0 Å². The quantitative estimate of drug-likeness (QED) is 0.760. The van der Waals surface area contributed by atoms with Crippen LogP contribution in [0.2, 0.25) is 0 Å². The molecule has 4 nitrogen and oxygen atoms in total. The molecule has 0 spiro atoms. The summed E-state index contributed by atoms with van der Waals surface area (Å²) in [5.74, 6) is -0.0826. The van der Waals surface area contributed by atoms with E-state index in [1.54, 1.807) is 6.07 Å². The van der Waals surface area contributed by atoms with Crippen molar-refractivity contribution >= 4 is 41.6 Å². The number of nitrogens with zero attached hydrogens (tertiary/aromatic N) is 1. The van der Waals surface area contributed by atoms with E-state index in [2.05, 4.69) is 10.3 Å². The summed E-state index contributed by atoms with van der Waals surface area (Å²) in [4.78, 5) is 17.0. The molecule has 1 aromatic carbocycles. The smallest absolute Gasteiger partial charge is 0.252 e. The van der Waals surface area contributed by atoms with E-state index in [-0.39, 0.29) is 36.5 Å². The summed E-state index contributed by atoms with van der Waals surface area (Å²) in [5.41, 5.74) is 7.57. The first kappa shape index (κ1) is 20.6. The molecule has 132 valence electrons. The van der Waals surface area contributed by atoms with E-state index in [1.807, 2.05) is 6.07 Å². The number of hydrogen-bond donors (Lipinski definition) is 2. The predicted molar refractivity (Wildman–Crippen MR) is 98.8 cm³/mol. The molecular formula is C17H22Cl2FN3O. The van der Waals surface area contributed by atoms with E-state index in [1.165, 1.54) is 12.1 Å². The number of rotatable bonds is 6. The number of fused-ring (bicyclic) bond motifs is 1. The van der Waals surface area contributed by atoms with Crippen LogP contribution in [0.1, 0.15) is 47.7 Å². The second-order valence-corrected chi connectivity index (χ2v) is 5.78. The lowest BCUT2D eigenvalue weighted by molar-refractivity contribution is 0.0954. The van der Waals surface area contributed by atoms with Gasteiger partial charge in [0.15, 0.2) is 0 Å². The summed E-state index contributed by atoms with van der Waals surface area (Å²) in [6.45, 7) is 1.19. The highest BCUT2D eigenvalue weighted by Crippen LogP contribution is 2.40. The fourth-order valence-corrected chi connectivity index (χ4v) is 2.56. The van der Waals surface area contributed by atoms with Crippen LogP contribution in [-0.2, 0) is 0 Å². The zero-order chi connectivity index (χ0) is 15.5. The molecule has 1 aliphatic carbocycles. The molecule has 7 heteroatoms. The van der Waals surface area contributed by atoms with Crippen LogP contribution in [-0.4, -0.2) is 24.0 Å². The van der Waals surface area contributed by atoms with Crippen molar-refractivity contribution in [3.63, 3.8) is 0 Å². The number of carbonyl (C=O) groups is 1. The Hall–Kier alpha value is -1.43. The highest BCUT2D eigenvalue weighted by molar-refractivity contribution is 6.06. The van der Waals surface area contributed by atoms with Crippen LogP contribution < -0.4 is 11.1 Å². The molecule has 3 rings (SSSR count). The van der Waals surface area contributed by atoms with Gasteiger partial charge in [0.1, 0.15) is 5.82 Å². The first-order valence-electron chi connectivity index (χ1n) is 7.77. The molecule has 0 saturated heterocycles. The highest BCUT2D eigenvalue weighted by Gasteiger charge is 2.27. The fraction of sp³-hybridized carbons (Fsp3) is 0.412. The summed E-state index contributed by atoms with van der Waals surface area (Å²) in [6, 6.07) is 6.22. The molecule has 0 unspecified atom stereocenters. The minimum Gasteiger partial charge on any atom is -0.352 e. The van der Waals surface area contributed by atoms with E-state index in [4.69, 9.17) is 5.73 Å². The number of amides is 1. The topological polar surface area (TPSA) is 68.0 Å². The molecule has 0 atom stereocenters. The lowest BCUT2D eigenvalue weighted by atomic mass is 10.0. The zero-order valence-corrected chi connectivity index (χ0v) is 14.9. The van der Waals surface area contributed by atoms with Gasteiger partial charge in [0.2, 0.25) is 0 Å². The number of nitrogens with one attached hydrogen (secondary N) is 1. The van der Waals surface area contributed by atoms with Crippen molar-refractivity contribution < 1.29 is 9.18 Å². The molecule has 1 aromatic heterocycles. The second kappa shape index (κ2) is 9.16. The van der Waals surface area contributed by atoms with Crippen LogP contribution in [0.25, 0.3) is 10.9 Å². The number of hydrogen-bond acceptors (Lipinski definition) is 3. The van der Waals surface area contributed by atoms with Gasteiger partial charge in [-0.3, -0.25) is 9.78 Å². The molecule has 1 fully saturated rings. The van der Waals surface area contributed by atoms with Crippen molar-refractivity contribution in [1.82, 2.24) is 10.3 Å². The number of nitrogens with two attached hydrogens (primary N) is 1. The van der Waals surface area contributed by atoms with Crippen molar-refractivity contribution in [3.05, 3.63) is 41.3 Å². The van der Waals surface area contributed by atoms with Crippen LogP contribution in [0, 0.1) is 5.82 Å². The third-order valence-corrected chi connectivity index (χ3v) is 3.95. The van der Waals surface area contributed by atoms with Gasteiger partial charge in [0.25, 0.3) is 5.91 Å². The predicted octanol–water partition coefficient (Wildman–Crippen LogP) is 3.56. The number of aromatic nitrogens is 1. The molecule has 2 aromatic rings. The molecule has 1 aliphatic rings. The lowest BCUT2D eigenvalue weighted by Gasteiger charge is -2.10. The number of carbonyl (C=O) groups excluding carboxylic acids is 1.